The van der Waals surface area contributed by atoms with E-state index < -0.39 is 67.1 Å². The normalized spacial score (nSPS) is 24.2. The molecule has 0 aliphatic carbocycles. The molecular formula is C21H25NO11. The van der Waals surface area contributed by atoms with Crippen LogP contribution >= 0.6 is 0 Å². The molecule has 0 aromatic heterocycles. The van der Waals surface area contributed by atoms with E-state index >= 15 is 0 Å². The molecule has 0 unspecified atom stereocenters. The van der Waals surface area contributed by atoms with Crippen molar-refractivity contribution in [3.05, 3.63) is 29.8 Å². The van der Waals surface area contributed by atoms with Gasteiger partial charge in [0.2, 0.25) is 12.4 Å². The van der Waals surface area contributed by atoms with Crippen molar-refractivity contribution in [2.75, 3.05) is 6.61 Å². The Morgan fingerprint density at radius 1 is 0.818 bits per heavy atom. The molecule has 0 bridgehead atoms. The highest BCUT2D eigenvalue weighted by Gasteiger charge is 2.53. The van der Waals surface area contributed by atoms with E-state index in [4.69, 9.17) is 34.2 Å². The van der Waals surface area contributed by atoms with E-state index in [-0.39, 0.29) is 11.3 Å². The van der Waals surface area contributed by atoms with Gasteiger partial charge in [-0.2, -0.15) is 0 Å². The fourth-order valence-corrected chi connectivity index (χ4v) is 3.18. The molecule has 1 aliphatic heterocycles. The molecule has 1 saturated heterocycles. The molecule has 0 saturated carbocycles. The van der Waals surface area contributed by atoms with Gasteiger partial charge in [-0.15, -0.1) is 0 Å². The molecule has 12 heteroatoms. The SMILES string of the molecule is CC(=O)OC[C@H]1O[C@H](Oc2ccccc2C(N)=O)[C@H](OC(C)=O)[C@@H](OC(C)=O)[C@@H]1OC(C)=O. The van der Waals surface area contributed by atoms with Crippen molar-refractivity contribution in [2.24, 2.45) is 5.73 Å². The third-order valence-corrected chi connectivity index (χ3v) is 4.34. The monoisotopic (exact) mass is 467 g/mol. The Balaban J connectivity index is 2.51. The zero-order chi connectivity index (χ0) is 24.7. The first-order valence-electron chi connectivity index (χ1n) is 9.85. The third kappa shape index (κ3) is 7.17. The summed E-state index contributed by atoms with van der Waals surface area (Å²) in [5.74, 6) is -3.77. The Bertz CT molecular complexity index is 915. The first kappa shape index (κ1) is 25.6. The van der Waals surface area contributed by atoms with E-state index in [2.05, 4.69) is 0 Å². The number of nitrogens with two attached hydrogens (primary N) is 1. The number of hydrogen-bond donors (Lipinski definition) is 1. The van der Waals surface area contributed by atoms with Crippen molar-refractivity contribution in [1.82, 2.24) is 0 Å². The molecule has 1 aromatic carbocycles. The number of benzene rings is 1. The number of carbonyl (C=O) groups is 5. The Morgan fingerprint density at radius 3 is 1.91 bits per heavy atom. The summed E-state index contributed by atoms with van der Waals surface area (Å²) in [6.45, 7) is 4.07. The maximum atomic E-state index is 11.8. The summed E-state index contributed by atoms with van der Waals surface area (Å²) in [7, 11) is 0. The molecule has 2 rings (SSSR count). The van der Waals surface area contributed by atoms with Crippen LogP contribution in [-0.4, -0.2) is 67.1 Å². The lowest BCUT2D eigenvalue weighted by Gasteiger charge is -2.44. The van der Waals surface area contributed by atoms with Gasteiger partial charge >= 0.3 is 23.9 Å². The first-order chi connectivity index (χ1) is 15.5. The molecule has 180 valence electrons. The summed E-state index contributed by atoms with van der Waals surface area (Å²) in [5.41, 5.74) is 5.39. The minimum Gasteiger partial charge on any atom is -0.463 e. The van der Waals surface area contributed by atoms with Crippen molar-refractivity contribution in [2.45, 2.75) is 58.4 Å². The predicted molar refractivity (Wildman–Crippen MR) is 108 cm³/mol. The summed E-state index contributed by atoms with van der Waals surface area (Å²) in [4.78, 5) is 58.5. The van der Waals surface area contributed by atoms with Gasteiger partial charge in [0.1, 0.15) is 18.5 Å². The van der Waals surface area contributed by atoms with Gasteiger partial charge in [-0.3, -0.25) is 24.0 Å². The Kier molecular flexibility index (Phi) is 8.74. The van der Waals surface area contributed by atoms with Crippen LogP contribution in [-0.2, 0) is 42.9 Å². The molecule has 33 heavy (non-hydrogen) atoms. The number of para-hydroxylation sites is 1. The molecule has 2 N–H and O–H groups in total. The van der Waals surface area contributed by atoms with Gasteiger partial charge in [-0.25, -0.2) is 0 Å². The van der Waals surface area contributed by atoms with Gasteiger partial charge in [-0.05, 0) is 12.1 Å². The average Bonchev–Trinajstić information content (AvgIpc) is 2.70. The summed E-state index contributed by atoms with van der Waals surface area (Å²) in [6.07, 6.45) is -6.78. The molecule has 1 amide bonds. The number of rotatable bonds is 8. The minimum absolute atomic E-state index is 0.00496. The quantitative estimate of drug-likeness (QED) is 0.411. The lowest BCUT2D eigenvalue weighted by atomic mass is 9.98. The van der Waals surface area contributed by atoms with Crippen LogP contribution in [0.3, 0.4) is 0 Å². The number of ether oxygens (including phenoxy) is 6. The third-order valence-electron chi connectivity index (χ3n) is 4.34. The smallest absolute Gasteiger partial charge is 0.303 e. The molecule has 5 atom stereocenters. The van der Waals surface area contributed by atoms with E-state index in [9.17, 15) is 24.0 Å². The number of esters is 4. The highest BCUT2D eigenvalue weighted by molar-refractivity contribution is 5.95. The second-order valence-corrected chi connectivity index (χ2v) is 7.05. The standard InChI is InChI=1S/C21H25NO11/c1-10(23)28-9-16-17(29-11(2)24)18(30-12(3)25)19(31-13(4)26)21(33-16)32-15-8-6-5-7-14(15)20(22)27/h5-8,16-19,21H,9H2,1-4H3,(H2,22,27)/t16-,17-,18+,19-,21+/m1/s1. The second-order valence-electron chi connectivity index (χ2n) is 7.05. The average molecular weight is 467 g/mol. The first-order valence-corrected chi connectivity index (χ1v) is 9.85. The fraction of sp³-hybridized carbons (Fsp3) is 0.476. The van der Waals surface area contributed by atoms with Crippen molar-refractivity contribution >= 4 is 29.8 Å². The fourth-order valence-electron chi connectivity index (χ4n) is 3.18. The van der Waals surface area contributed by atoms with Crippen LogP contribution in [0.15, 0.2) is 24.3 Å². The molecule has 0 radical (unpaired) electrons. The molecule has 0 spiro atoms. The van der Waals surface area contributed by atoms with Crippen LogP contribution in [0.2, 0.25) is 0 Å². The number of carbonyl (C=O) groups excluding carboxylic acids is 5. The van der Waals surface area contributed by atoms with Gasteiger partial charge in [0.25, 0.3) is 5.91 Å². The maximum Gasteiger partial charge on any atom is 0.303 e. The summed E-state index contributed by atoms with van der Waals surface area (Å²) in [6, 6.07) is 5.95. The number of hydrogen-bond acceptors (Lipinski definition) is 11. The summed E-state index contributed by atoms with van der Waals surface area (Å²) in [5, 5.41) is 0. The lowest BCUT2D eigenvalue weighted by Crippen LogP contribution is -2.63. The van der Waals surface area contributed by atoms with E-state index in [0.29, 0.717) is 0 Å². The van der Waals surface area contributed by atoms with Crippen molar-refractivity contribution in [3.8, 4) is 5.75 Å². The Labute approximate surface area is 189 Å². The zero-order valence-electron chi connectivity index (χ0n) is 18.5. The van der Waals surface area contributed by atoms with E-state index in [1.54, 1.807) is 12.1 Å². The second kappa shape index (κ2) is 11.3. The van der Waals surface area contributed by atoms with Crippen LogP contribution in [0.4, 0.5) is 0 Å². The highest BCUT2D eigenvalue weighted by atomic mass is 16.7. The Hall–Kier alpha value is -3.67. The molecule has 1 heterocycles. The topological polar surface area (TPSA) is 167 Å². The van der Waals surface area contributed by atoms with E-state index in [1.807, 2.05) is 0 Å². The zero-order valence-corrected chi connectivity index (χ0v) is 18.5. The van der Waals surface area contributed by atoms with Crippen molar-refractivity contribution < 1.29 is 52.4 Å². The maximum absolute atomic E-state index is 11.8. The van der Waals surface area contributed by atoms with Gasteiger partial charge in [-0.1, -0.05) is 12.1 Å². The molecule has 1 fully saturated rings. The predicted octanol–water partition coefficient (Wildman–Crippen LogP) is 0.247. The molecule has 1 aromatic rings. The van der Waals surface area contributed by atoms with Gasteiger partial charge < -0.3 is 34.2 Å². The van der Waals surface area contributed by atoms with Crippen molar-refractivity contribution in [1.29, 1.82) is 0 Å². The molecule has 1 aliphatic rings. The van der Waals surface area contributed by atoms with Crippen LogP contribution in [0.1, 0.15) is 38.1 Å². The summed E-state index contributed by atoms with van der Waals surface area (Å²) >= 11 is 0. The minimum atomic E-state index is -1.47. The van der Waals surface area contributed by atoms with Crippen LogP contribution in [0.5, 0.6) is 5.75 Å². The van der Waals surface area contributed by atoms with E-state index in [1.165, 1.54) is 12.1 Å². The van der Waals surface area contributed by atoms with Crippen LogP contribution in [0.25, 0.3) is 0 Å². The molecule has 12 nitrogen and oxygen atoms in total. The van der Waals surface area contributed by atoms with Gasteiger partial charge in [0.05, 0.1) is 5.56 Å². The highest BCUT2D eigenvalue weighted by Crippen LogP contribution is 2.31. The molecular weight excluding hydrogens is 442 g/mol. The number of amides is 1. The number of primary amides is 1. The summed E-state index contributed by atoms with van der Waals surface area (Å²) < 4.78 is 32.5. The van der Waals surface area contributed by atoms with Gasteiger partial charge in [0, 0.05) is 27.7 Å². The van der Waals surface area contributed by atoms with Crippen LogP contribution < -0.4 is 10.5 Å². The van der Waals surface area contributed by atoms with E-state index in [0.717, 1.165) is 27.7 Å². The van der Waals surface area contributed by atoms with Crippen molar-refractivity contribution in [3.63, 3.8) is 0 Å². The Morgan fingerprint density at radius 2 is 1.36 bits per heavy atom. The lowest BCUT2D eigenvalue weighted by molar-refractivity contribution is -0.288. The largest absolute Gasteiger partial charge is 0.463 e. The van der Waals surface area contributed by atoms with Gasteiger partial charge in [0.15, 0.2) is 12.2 Å². The van der Waals surface area contributed by atoms with Crippen LogP contribution in [0, 0.1) is 0 Å².